The second-order valence-electron chi connectivity index (χ2n) is 8.14. The number of anilines is 2. The van der Waals surface area contributed by atoms with E-state index in [-0.39, 0.29) is 27.2 Å². The Bertz CT molecular complexity index is 1380. The summed E-state index contributed by atoms with van der Waals surface area (Å²) in [6, 6.07) is 18.9. The van der Waals surface area contributed by atoms with Gasteiger partial charge in [-0.05, 0) is 42.5 Å². The van der Waals surface area contributed by atoms with Crippen molar-refractivity contribution in [2.75, 3.05) is 49.6 Å². The molecule has 0 atom stereocenters. The van der Waals surface area contributed by atoms with Gasteiger partial charge in [-0.2, -0.15) is 0 Å². The van der Waals surface area contributed by atoms with E-state index in [1.54, 1.807) is 47.4 Å². The number of halogens is 1. The maximum Gasteiger partial charge on any atom is 0.264 e. The molecule has 0 saturated carbocycles. The van der Waals surface area contributed by atoms with Crippen molar-refractivity contribution in [2.24, 2.45) is 0 Å². The highest BCUT2D eigenvalue weighted by atomic mass is 35.5. The molecular formula is C26H26ClN3O6S. The molecule has 0 aliphatic carbocycles. The van der Waals surface area contributed by atoms with Crippen molar-refractivity contribution in [3.05, 3.63) is 83.4 Å². The Morgan fingerprint density at radius 1 is 1.03 bits per heavy atom. The first-order valence-corrected chi connectivity index (χ1v) is 13.3. The lowest BCUT2D eigenvalue weighted by atomic mass is 10.1. The number of ether oxygens (including phenoxy) is 2. The quantitative estimate of drug-likeness (QED) is 0.465. The fraction of sp³-hybridized carbons (Fsp3) is 0.231. The van der Waals surface area contributed by atoms with Gasteiger partial charge in [-0.25, -0.2) is 8.42 Å². The van der Waals surface area contributed by atoms with Crippen LogP contribution >= 0.6 is 11.6 Å². The van der Waals surface area contributed by atoms with Crippen LogP contribution in [0, 0.1) is 0 Å². The number of amides is 2. The van der Waals surface area contributed by atoms with Crippen LogP contribution < -0.4 is 14.4 Å². The van der Waals surface area contributed by atoms with Crippen LogP contribution in [-0.2, 0) is 19.6 Å². The fourth-order valence-electron chi connectivity index (χ4n) is 3.88. The third kappa shape index (κ3) is 6.04. The van der Waals surface area contributed by atoms with Crippen LogP contribution in [0.15, 0.2) is 77.7 Å². The molecule has 1 aliphatic rings. The minimum atomic E-state index is -4.14. The highest BCUT2D eigenvalue weighted by molar-refractivity contribution is 7.92. The molecule has 0 radical (unpaired) electrons. The lowest BCUT2D eigenvalue weighted by Crippen LogP contribution is -2.41. The molecule has 1 N–H and O–H groups in total. The molecule has 37 heavy (non-hydrogen) atoms. The number of benzene rings is 3. The number of para-hydroxylation sites is 1. The van der Waals surface area contributed by atoms with Crippen molar-refractivity contribution in [2.45, 2.75) is 4.90 Å². The maximum absolute atomic E-state index is 13.6. The summed E-state index contributed by atoms with van der Waals surface area (Å²) >= 11 is 6.27. The molecule has 4 rings (SSSR count). The SMILES string of the molecule is COc1ccc(N(CC(=O)Nc2ccccc2C(=O)N2CCOCC2)S(=O)(=O)c2ccccc2)cc1Cl. The lowest BCUT2D eigenvalue weighted by Gasteiger charge is -2.28. The number of nitrogens with zero attached hydrogens (tertiary/aromatic N) is 2. The molecule has 3 aromatic rings. The van der Waals surface area contributed by atoms with E-state index >= 15 is 0 Å². The molecule has 194 valence electrons. The van der Waals surface area contributed by atoms with Crippen molar-refractivity contribution >= 4 is 44.8 Å². The minimum Gasteiger partial charge on any atom is -0.495 e. The summed E-state index contributed by atoms with van der Waals surface area (Å²) in [4.78, 5) is 28.0. The minimum absolute atomic E-state index is 0.0117. The Labute approximate surface area is 220 Å². The molecule has 1 saturated heterocycles. The van der Waals surface area contributed by atoms with Gasteiger partial charge in [0.2, 0.25) is 5.91 Å². The molecule has 1 fully saturated rings. The summed E-state index contributed by atoms with van der Waals surface area (Å²) in [6.45, 7) is 1.22. The van der Waals surface area contributed by atoms with Crippen LogP contribution in [0.5, 0.6) is 5.75 Å². The first-order chi connectivity index (χ1) is 17.8. The van der Waals surface area contributed by atoms with E-state index in [1.807, 2.05) is 0 Å². The molecule has 0 bridgehead atoms. The number of carbonyl (C=O) groups excluding carboxylic acids is 2. The van der Waals surface area contributed by atoms with E-state index < -0.39 is 22.5 Å². The van der Waals surface area contributed by atoms with Crippen molar-refractivity contribution in [3.8, 4) is 5.75 Å². The lowest BCUT2D eigenvalue weighted by molar-refractivity contribution is -0.114. The molecule has 2 amide bonds. The standard InChI is InChI=1S/C26H26ClN3O6S/c1-35-24-12-11-19(17-22(24)27)30(37(33,34)20-7-3-2-4-8-20)18-25(31)28-23-10-6-5-9-21(23)26(32)29-13-15-36-16-14-29/h2-12,17H,13-16,18H2,1H3,(H,28,31). The first kappa shape index (κ1) is 26.5. The number of rotatable bonds is 8. The van der Waals surface area contributed by atoms with Gasteiger partial charge in [-0.1, -0.05) is 41.9 Å². The van der Waals surface area contributed by atoms with Crippen LogP contribution in [-0.4, -0.2) is 65.1 Å². The van der Waals surface area contributed by atoms with E-state index in [9.17, 15) is 18.0 Å². The van der Waals surface area contributed by atoms with Gasteiger partial charge >= 0.3 is 0 Å². The molecule has 0 aromatic heterocycles. The molecule has 3 aromatic carbocycles. The van der Waals surface area contributed by atoms with Gasteiger partial charge < -0.3 is 19.7 Å². The van der Waals surface area contributed by atoms with E-state index in [2.05, 4.69) is 5.32 Å². The van der Waals surface area contributed by atoms with Gasteiger partial charge in [0.15, 0.2) is 0 Å². The largest absolute Gasteiger partial charge is 0.495 e. The summed E-state index contributed by atoms with van der Waals surface area (Å²) in [5.74, 6) is -0.508. The van der Waals surface area contributed by atoms with Gasteiger partial charge in [-0.3, -0.25) is 13.9 Å². The smallest absolute Gasteiger partial charge is 0.264 e. The predicted molar refractivity (Wildman–Crippen MR) is 141 cm³/mol. The number of hydrogen-bond donors (Lipinski definition) is 1. The van der Waals surface area contributed by atoms with E-state index in [0.717, 1.165) is 4.31 Å². The van der Waals surface area contributed by atoms with Gasteiger partial charge in [0, 0.05) is 13.1 Å². The van der Waals surface area contributed by atoms with Crippen molar-refractivity contribution in [1.29, 1.82) is 0 Å². The van der Waals surface area contributed by atoms with Crippen molar-refractivity contribution in [3.63, 3.8) is 0 Å². The van der Waals surface area contributed by atoms with Crippen LogP contribution in [0.2, 0.25) is 5.02 Å². The monoisotopic (exact) mass is 543 g/mol. The second-order valence-corrected chi connectivity index (χ2v) is 10.4. The summed E-state index contributed by atoms with van der Waals surface area (Å²) in [5, 5.41) is 2.90. The number of sulfonamides is 1. The molecule has 11 heteroatoms. The van der Waals surface area contributed by atoms with Gasteiger partial charge in [0.1, 0.15) is 12.3 Å². The topological polar surface area (TPSA) is 105 Å². The average Bonchev–Trinajstić information content (AvgIpc) is 2.92. The van der Waals surface area contributed by atoms with Gasteiger partial charge in [0.25, 0.3) is 15.9 Å². The highest BCUT2D eigenvalue weighted by Crippen LogP contribution is 2.32. The molecular weight excluding hydrogens is 518 g/mol. The van der Waals surface area contributed by atoms with Gasteiger partial charge in [-0.15, -0.1) is 0 Å². The number of methoxy groups -OCH3 is 1. The number of hydrogen-bond acceptors (Lipinski definition) is 6. The molecule has 1 heterocycles. The molecule has 9 nitrogen and oxygen atoms in total. The van der Waals surface area contributed by atoms with E-state index in [1.165, 1.54) is 37.4 Å². The number of carbonyl (C=O) groups is 2. The van der Waals surface area contributed by atoms with Gasteiger partial charge in [0.05, 0.1) is 47.2 Å². The summed E-state index contributed by atoms with van der Waals surface area (Å²) in [6.07, 6.45) is 0. The normalized spacial score (nSPS) is 13.6. The summed E-state index contributed by atoms with van der Waals surface area (Å²) in [5.41, 5.74) is 0.777. The van der Waals surface area contributed by atoms with Crippen LogP contribution in [0.25, 0.3) is 0 Å². The zero-order valence-electron chi connectivity index (χ0n) is 20.1. The average molecular weight is 544 g/mol. The van der Waals surface area contributed by atoms with Crippen LogP contribution in [0.1, 0.15) is 10.4 Å². The van der Waals surface area contributed by atoms with Crippen LogP contribution in [0.4, 0.5) is 11.4 Å². The molecule has 0 unspecified atom stereocenters. The zero-order chi connectivity index (χ0) is 26.4. The number of morpholine rings is 1. The Kier molecular flexibility index (Phi) is 8.32. The summed E-state index contributed by atoms with van der Waals surface area (Å²) < 4.78 is 38.6. The maximum atomic E-state index is 13.6. The highest BCUT2D eigenvalue weighted by Gasteiger charge is 2.29. The Morgan fingerprint density at radius 2 is 1.70 bits per heavy atom. The van der Waals surface area contributed by atoms with Crippen LogP contribution in [0.3, 0.4) is 0 Å². The Morgan fingerprint density at radius 3 is 2.38 bits per heavy atom. The van der Waals surface area contributed by atoms with Crippen molar-refractivity contribution in [1.82, 2.24) is 4.90 Å². The second kappa shape index (κ2) is 11.6. The third-order valence-electron chi connectivity index (χ3n) is 5.77. The zero-order valence-corrected chi connectivity index (χ0v) is 21.7. The first-order valence-electron chi connectivity index (χ1n) is 11.5. The molecule has 1 aliphatic heterocycles. The Hall–Kier alpha value is -3.60. The number of nitrogens with one attached hydrogen (secondary N) is 1. The predicted octanol–water partition coefficient (Wildman–Crippen LogP) is 3.66. The Balaban J connectivity index is 1.63. The third-order valence-corrected chi connectivity index (χ3v) is 7.86. The molecule has 0 spiro atoms. The fourth-order valence-corrected chi connectivity index (χ4v) is 5.57. The van der Waals surface area contributed by atoms with E-state index in [0.29, 0.717) is 37.6 Å². The van der Waals surface area contributed by atoms with E-state index in [4.69, 9.17) is 21.1 Å². The summed E-state index contributed by atoms with van der Waals surface area (Å²) in [7, 11) is -2.69. The van der Waals surface area contributed by atoms with Crippen molar-refractivity contribution < 1.29 is 27.5 Å².